The van der Waals surface area contributed by atoms with E-state index < -0.39 is 15.8 Å². The highest BCUT2D eigenvalue weighted by Crippen LogP contribution is 2.22. The van der Waals surface area contributed by atoms with Crippen LogP contribution >= 0.6 is 0 Å². The Morgan fingerprint density at radius 2 is 2.06 bits per heavy atom. The predicted molar refractivity (Wildman–Crippen MR) is 69.2 cm³/mol. The third kappa shape index (κ3) is 3.07. The standard InChI is InChI=1S/C12H19FN2O2S/c1-9-4-5-11(13)8-12(9)18(16,17)15(3)10(2)6-7-14/h4-5,8,10H,6-7,14H2,1-3H3. The second kappa shape index (κ2) is 5.77. The summed E-state index contributed by atoms with van der Waals surface area (Å²) in [6.07, 6.45) is 0.560. The zero-order valence-corrected chi connectivity index (χ0v) is 11.7. The molecule has 6 heteroatoms. The van der Waals surface area contributed by atoms with Crippen molar-refractivity contribution in [1.82, 2.24) is 4.31 Å². The van der Waals surface area contributed by atoms with Crippen LogP contribution in [0, 0.1) is 12.7 Å². The fourth-order valence-electron chi connectivity index (χ4n) is 1.67. The lowest BCUT2D eigenvalue weighted by atomic mass is 10.2. The number of hydrogen-bond donors (Lipinski definition) is 1. The van der Waals surface area contributed by atoms with Crippen molar-refractivity contribution in [2.24, 2.45) is 5.73 Å². The smallest absolute Gasteiger partial charge is 0.243 e. The van der Waals surface area contributed by atoms with Crippen LogP contribution in [0.25, 0.3) is 0 Å². The third-order valence-corrected chi connectivity index (χ3v) is 5.13. The van der Waals surface area contributed by atoms with Crippen LogP contribution in [0.15, 0.2) is 23.1 Å². The molecule has 0 amide bonds. The van der Waals surface area contributed by atoms with Crippen molar-refractivity contribution < 1.29 is 12.8 Å². The van der Waals surface area contributed by atoms with Crippen LogP contribution in [-0.4, -0.2) is 32.4 Å². The quantitative estimate of drug-likeness (QED) is 0.885. The normalized spacial score (nSPS) is 13.9. The molecular weight excluding hydrogens is 255 g/mol. The van der Waals surface area contributed by atoms with E-state index in [9.17, 15) is 12.8 Å². The maximum absolute atomic E-state index is 13.2. The van der Waals surface area contributed by atoms with E-state index in [1.165, 1.54) is 23.5 Å². The Morgan fingerprint density at radius 1 is 1.44 bits per heavy atom. The first-order valence-electron chi connectivity index (χ1n) is 5.75. The second-order valence-corrected chi connectivity index (χ2v) is 6.32. The Bertz CT molecular complexity index is 517. The number of hydrogen-bond acceptors (Lipinski definition) is 3. The molecule has 0 bridgehead atoms. The second-order valence-electron chi connectivity index (χ2n) is 4.36. The van der Waals surface area contributed by atoms with Crippen LogP contribution in [0.4, 0.5) is 4.39 Å². The van der Waals surface area contributed by atoms with E-state index in [-0.39, 0.29) is 10.9 Å². The van der Waals surface area contributed by atoms with E-state index in [1.807, 2.05) is 0 Å². The van der Waals surface area contributed by atoms with E-state index >= 15 is 0 Å². The number of aryl methyl sites for hydroxylation is 1. The van der Waals surface area contributed by atoms with Gasteiger partial charge in [-0.2, -0.15) is 4.31 Å². The lowest BCUT2D eigenvalue weighted by Gasteiger charge is -2.24. The van der Waals surface area contributed by atoms with Gasteiger partial charge in [0.05, 0.1) is 4.90 Å². The molecule has 1 unspecified atom stereocenters. The molecule has 0 aromatic heterocycles. The minimum absolute atomic E-state index is 0.00821. The van der Waals surface area contributed by atoms with E-state index in [1.54, 1.807) is 13.8 Å². The molecule has 0 saturated carbocycles. The Balaban J connectivity index is 3.17. The Kier molecular flexibility index (Phi) is 4.84. The number of sulfonamides is 1. The zero-order valence-electron chi connectivity index (χ0n) is 10.9. The number of halogens is 1. The number of benzene rings is 1. The van der Waals surface area contributed by atoms with E-state index in [0.29, 0.717) is 18.5 Å². The van der Waals surface area contributed by atoms with Crippen molar-refractivity contribution in [3.05, 3.63) is 29.6 Å². The molecule has 1 rings (SSSR count). The summed E-state index contributed by atoms with van der Waals surface area (Å²) in [5, 5.41) is 0. The highest BCUT2D eigenvalue weighted by molar-refractivity contribution is 7.89. The van der Waals surface area contributed by atoms with Crippen LogP contribution in [-0.2, 0) is 10.0 Å². The summed E-state index contributed by atoms with van der Waals surface area (Å²) < 4.78 is 39.1. The molecule has 4 nitrogen and oxygen atoms in total. The Morgan fingerprint density at radius 3 is 2.61 bits per heavy atom. The van der Waals surface area contributed by atoms with Gasteiger partial charge in [0.1, 0.15) is 5.82 Å². The average Bonchev–Trinajstić information content (AvgIpc) is 2.31. The fraction of sp³-hybridized carbons (Fsp3) is 0.500. The van der Waals surface area contributed by atoms with Crippen LogP contribution in [0.5, 0.6) is 0 Å². The number of rotatable bonds is 5. The first-order valence-corrected chi connectivity index (χ1v) is 7.19. The molecule has 1 aromatic rings. The molecule has 18 heavy (non-hydrogen) atoms. The summed E-state index contributed by atoms with van der Waals surface area (Å²) in [6.45, 7) is 3.83. The summed E-state index contributed by atoms with van der Waals surface area (Å²) in [5.41, 5.74) is 5.95. The Labute approximate surface area is 108 Å². The fourth-order valence-corrected chi connectivity index (χ4v) is 3.29. The van der Waals surface area contributed by atoms with Crippen LogP contribution < -0.4 is 5.73 Å². The molecule has 2 N–H and O–H groups in total. The molecule has 1 aromatic carbocycles. The summed E-state index contributed by atoms with van der Waals surface area (Å²) in [7, 11) is -2.19. The molecule has 0 spiro atoms. The van der Waals surface area contributed by atoms with Gasteiger partial charge in [0.2, 0.25) is 10.0 Å². The summed E-state index contributed by atoms with van der Waals surface area (Å²) >= 11 is 0. The predicted octanol–water partition coefficient (Wildman–Crippen LogP) is 1.49. The molecule has 0 saturated heterocycles. The minimum Gasteiger partial charge on any atom is -0.330 e. The van der Waals surface area contributed by atoms with E-state index in [0.717, 1.165) is 6.07 Å². The van der Waals surface area contributed by atoms with Gasteiger partial charge in [-0.25, -0.2) is 12.8 Å². The SMILES string of the molecule is Cc1ccc(F)cc1S(=O)(=O)N(C)C(C)CCN. The van der Waals surface area contributed by atoms with Crippen LogP contribution in [0.1, 0.15) is 18.9 Å². The minimum atomic E-state index is -3.68. The lowest BCUT2D eigenvalue weighted by Crippen LogP contribution is -2.36. The van der Waals surface area contributed by atoms with Gasteiger partial charge in [0, 0.05) is 13.1 Å². The first-order chi connectivity index (χ1) is 8.30. The lowest BCUT2D eigenvalue weighted by molar-refractivity contribution is 0.374. The van der Waals surface area contributed by atoms with E-state index in [4.69, 9.17) is 5.73 Å². The van der Waals surface area contributed by atoms with Gasteiger partial charge in [-0.05, 0) is 44.5 Å². The number of nitrogens with two attached hydrogens (primary N) is 1. The summed E-state index contributed by atoms with van der Waals surface area (Å²) in [5.74, 6) is -0.556. The maximum atomic E-state index is 13.2. The summed E-state index contributed by atoms with van der Waals surface area (Å²) in [4.78, 5) is 0.00821. The molecule has 102 valence electrons. The number of nitrogens with zero attached hydrogens (tertiary/aromatic N) is 1. The molecular formula is C12H19FN2O2S. The van der Waals surface area contributed by atoms with Crippen molar-refractivity contribution in [2.45, 2.75) is 31.2 Å². The van der Waals surface area contributed by atoms with Crippen molar-refractivity contribution >= 4 is 10.0 Å². The van der Waals surface area contributed by atoms with Gasteiger partial charge < -0.3 is 5.73 Å². The first kappa shape index (κ1) is 15.1. The molecule has 1 atom stereocenters. The van der Waals surface area contributed by atoms with Gasteiger partial charge in [0.25, 0.3) is 0 Å². The Hall–Kier alpha value is -0.980. The molecule has 0 radical (unpaired) electrons. The maximum Gasteiger partial charge on any atom is 0.243 e. The largest absolute Gasteiger partial charge is 0.330 e. The molecule has 0 fully saturated rings. The topological polar surface area (TPSA) is 63.4 Å². The molecule has 0 aliphatic rings. The molecule has 0 heterocycles. The van der Waals surface area contributed by atoms with E-state index in [2.05, 4.69) is 0 Å². The van der Waals surface area contributed by atoms with Crippen LogP contribution in [0.3, 0.4) is 0 Å². The average molecular weight is 274 g/mol. The van der Waals surface area contributed by atoms with Crippen molar-refractivity contribution in [3.8, 4) is 0 Å². The molecule has 0 aliphatic heterocycles. The summed E-state index contributed by atoms with van der Waals surface area (Å²) in [6, 6.07) is 3.54. The highest BCUT2D eigenvalue weighted by Gasteiger charge is 2.26. The monoisotopic (exact) mass is 274 g/mol. The zero-order chi connectivity index (χ0) is 13.9. The van der Waals surface area contributed by atoms with Gasteiger partial charge in [-0.15, -0.1) is 0 Å². The van der Waals surface area contributed by atoms with Gasteiger partial charge >= 0.3 is 0 Å². The van der Waals surface area contributed by atoms with Crippen molar-refractivity contribution in [1.29, 1.82) is 0 Å². The van der Waals surface area contributed by atoms with Crippen molar-refractivity contribution in [3.63, 3.8) is 0 Å². The highest BCUT2D eigenvalue weighted by atomic mass is 32.2. The van der Waals surface area contributed by atoms with Gasteiger partial charge in [-0.3, -0.25) is 0 Å². The van der Waals surface area contributed by atoms with Crippen molar-refractivity contribution in [2.75, 3.05) is 13.6 Å². The van der Waals surface area contributed by atoms with Gasteiger partial charge in [0.15, 0.2) is 0 Å². The molecule has 0 aliphatic carbocycles. The van der Waals surface area contributed by atoms with Crippen LogP contribution in [0.2, 0.25) is 0 Å². The third-order valence-electron chi connectivity index (χ3n) is 3.01. The van der Waals surface area contributed by atoms with Gasteiger partial charge in [-0.1, -0.05) is 6.07 Å².